The van der Waals surface area contributed by atoms with Gasteiger partial charge in [-0.3, -0.25) is 14.0 Å². The standard InChI is InChI=1S/C24H22N4O5/c1-31-19-8-2-3-9-20(19)33-23-18(24(30)28-11-5-4-10-21(28)27-23)13-16(14-25)22(29)26-15-17-7-6-12-32-17/h2-5,8-11,13,17H,6-7,12,15H2,1H3,(H,26,29)/b16-13+. The second-order valence-corrected chi connectivity index (χ2v) is 7.33. The average molecular weight is 446 g/mol. The van der Waals surface area contributed by atoms with E-state index in [1.165, 1.54) is 17.6 Å². The summed E-state index contributed by atoms with van der Waals surface area (Å²) in [7, 11) is 1.50. The number of carbonyl (C=O) groups excluding carboxylic acids is 1. The lowest BCUT2D eigenvalue weighted by atomic mass is 10.1. The van der Waals surface area contributed by atoms with Crippen molar-refractivity contribution in [3.05, 3.63) is 70.2 Å². The zero-order valence-corrected chi connectivity index (χ0v) is 18.0. The molecule has 33 heavy (non-hydrogen) atoms. The number of nitrogens with zero attached hydrogens (tertiary/aromatic N) is 3. The first-order chi connectivity index (χ1) is 16.1. The third-order valence-corrected chi connectivity index (χ3v) is 5.18. The molecule has 1 atom stereocenters. The van der Waals surface area contributed by atoms with Crippen LogP contribution in [0.2, 0.25) is 0 Å². The number of carbonyl (C=O) groups is 1. The van der Waals surface area contributed by atoms with Gasteiger partial charge in [0.15, 0.2) is 11.5 Å². The molecule has 0 spiro atoms. The second-order valence-electron chi connectivity index (χ2n) is 7.33. The smallest absolute Gasteiger partial charge is 0.269 e. The highest BCUT2D eigenvalue weighted by atomic mass is 16.5. The lowest BCUT2D eigenvalue weighted by molar-refractivity contribution is -0.117. The fourth-order valence-electron chi connectivity index (χ4n) is 3.49. The largest absolute Gasteiger partial charge is 0.493 e. The Morgan fingerprint density at radius 1 is 1.30 bits per heavy atom. The third kappa shape index (κ3) is 4.86. The minimum absolute atomic E-state index is 0.0339. The summed E-state index contributed by atoms with van der Waals surface area (Å²) in [6.07, 6.45) is 4.46. The number of para-hydroxylation sites is 2. The summed E-state index contributed by atoms with van der Waals surface area (Å²) in [5.41, 5.74) is -0.405. The van der Waals surface area contributed by atoms with E-state index in [9.17, 15) is 14.9 Å². The van der Waals surface area contributed by atoms with E-state index in [1.54, 1.807) is 48.7 Å². The number of fused-ring (bicyclic) bond motifs is 1. The Labute approximate surface area is 189 Å². The molecule has 1 amide bonds. The Morgan fingerprint density at radius 3 is 2.82 bits per heavy atom. The minimum Gasteiger partial charge on any atom is -0.493 e. The van der Waals surface area contributed by atoms with Crippen molar-refractivity contribution in [2.75, 3.05) is 20.3 Å². The van der Waals surface area contributed by atoms with Gasteiger partial charge in [-0.2, -0.15) is 10.2 Å². The van der Waals surface area contributed by atoms with Crippen LogP contribution in [0, 0.1) is 11.3 Å². The van der Waals surface area contributed by atoms with Gasteiger partial charge >= 0.3 is 0 Å². The Morgan fingerprint density at radius 2 is 2.09 bits per heavy atom. The van der Waals surface area contributed by atoms with E-state index in [2.05, 4.69) is 10.3 Å². The van der Waals surface area contributed by atoms with Crippen LogP contribution in [0.15, 0.2) is 59.0 Å². The van der Waals surface area contributed by atoms with Gasteiger partial charge in [0.2, 0.25) is 5.88 Å². The van der Waals surface area contributed by atoms with Gasteiger partial charge in [0.05, 0.1) is 13.2 Å². The number of ether oxygens (including phenoxy) is 3. The van der Waals surface area contributed by atoms with Gasteiger partial charge in [-0.1, -0.05) is 18.2 Å². The number of pyridine rings is 1. The van der Waals surface area contributed by atoms with Crippen LogP contribution in [0.4, 0.5) is 0 Å². The summed E-state index contributed by atoms with van der Waals surface area (Å²) < 4.78 is 18.1. The maximum atomic E-state index is 13.2. The van der Waals surface area contributed by atoms with Crippen molar-refractivity contribution >= 4 is 17.6 Å². The van der Waals surface area contributed by atoms with Crippen molar-refractivity contribution in [2.24, 2.45) is 0 Å². The van der Waals surface area contributed by atoms with Crippen molar-refractivity contribution < 1.29 is 19.0 Å². The predicted molar refractivity (Wildman–Crippen MR) is 120 cm³/mol. The number of aromatic nitrogens is 2. The SMILES string of the molecule is COc1ccccc1Oc1nc2ccccn2c(=O)c1/C=C(\C#N)C(=O)NCC1CCCO1. The first-order valence-electron chi connectivity index (χ1n) is 10.4. The third-order valence-electron chi connectivity index (χ3n) is 5.18. The lowest BCUT2D eigenvalue weighted by Gasteiger charge is -2.13. The topological polar surface area (TPSA) is 115 Å². The summed E-state index contributed by atoms with van der Waals surface area (Å²) in [6.45, 7) is 0.946. The van der Waals surface area contributed by atoms with Crippen molar-refractivity contribution in [1.29, 1.82) is 5.26 Å². The van der Waals surface area contributed by atoms with Crippen LogP contribution in [-0.4, -0.2) is 41.7 Å². The Balaban J connectivity index is 1.75. The molecular weight excluding hydrogens is 424 g/mol. The maximum absolute atomic E-state index is 13.2. The normalized spacial score (nSPS) is 15.8. The molecule has 1 aliphatic rings. The molecule has 1 fully saturated rings. The molecule has 9 heteroatoms. The van der Waals surface area contributed by atoms with Gasteiger partial charge in [-0.25, -0.2) is 0 Å². The summed E-state index contributed by atoms with van der Waals surface area (Å²) >= 11 is 0. The fourth-order valence-corrected chi connectivity index (χ4v) is 3.49. The number of hydrogen-bond donors (Lipinski definition) is 1. The van der Waals surface area contributed by atoms with Crippen LogP contribution in [0.1, 0.15) is 18.4 Å². The van der Waals surface area contributed by atoms with E-state index in [-0.39, 0.29) is 29.7 Å². The lowest BCUT2D eigenvalue weighted by Crippen LogP contribution is -2.32. The Bertz CT molecular complexity index is 1300. The molecular formula is C24H22N4O5. The number of nitriles is 1. The number of nitrogens with one attached hydrogen (secondary N) is 1. The minimum atomic E-state index is -0.603. The fraction of sp³-hybridized carbons (Fsp3) is 0.250. The van der Waals surface area contributed by atoms with Crippen LogP contribution < -0.4 is 20.3 Å². The van der Waals surface area contributed by atoms with Crippen molar-refractivity contribution in [3.63, 3.8) is 0 Å². The van der Waals surface area contributed by atoms with Crippen LogP contribution >= 0.6 is 0 Å². The first kappa shape index (κ1) is 22.0. The van der Waals surface area contributed by atoms with Gasteiger partial charge in [0.25, 0.3) is 11.5 Å². The molecule has 1 unspecified atom stereocenters. The van der Waals surface area contributed by atoms with Gasteiger partial charge in [-0.05, 0) is 43.2 Å². The summed E-state index contributed by atoms with van der Waals surface area (Å²) in [5.74, 6) is 0.129. The summed E-state index contributed by atoms with van der Waals surface area (Å²) in [4.78, 5) is 30.3. The van der Waals surface area contributed by atoms with E-state index in [0.717, 1.165) is 12.8 Å². The van der Waals surface area contributed by atoms with Crippen LogP contribution in [-0.2, 0) is 9.53 Å². The number of amides is 1. The Kier molecular flexibility index (Phi) is 6.66. The molecule has 0 saturated carbocycles. The van der Waals surface area contributed by atoms with Crippen LogP contribution in [0.5, 0.6) is 17.4 Å². The maximum Gasteiger partial charge on any atom is 0.269 e. The van der Waals surface area contributed by atoms with Crippen molar-refractivity contribution in [2.45, 2.75) is 18.9 Å². The molecule has 168 valence electrons. The van der Waals surface area contributed by atoms with Gasteiger partial charge in [-0.15, -0.1) is 0 Å². The van der Waals surface area contributed by atoms with E-state index in [1.807, 2.05) is 6.07 Å². The van der Waals surface area contributed by atoms with E-state index in [0.29, 0.717) is 23.8 Å². The number of benzene rings is 1. The molecule has 1 saturated heterocycles. The molecule has 3 aromatic rings. The van der Waals surface area contributed by atoms with Crippen LogP contribution in [0.25, 0.3) is 11.7 Å². The van der Waals surface area contributed by atoms with E-state index in [4.69, 9.17) is 14.2 Å². The van der Waals surface area contributed by atoms with Gasteiger partial charge in [0, 0.05) is 19.3 Å². The first-order valence-corrected chi connectivity index (χ1v) is 10.4. The highest BCUT2D eigenvalue weighted by Crippen LogP contribution is 2.31. The van der Waals surface area contributed by atoms with E-state index < -0.39 is 11.5 Å². The second kappa shape index (κ2) is 9.97. The molecule has 4 rings (SSSR count). The van der Waals surface area contributed by atoms with Crippen molar-refractivity contribution in [3.8, 4) is 23.4 Å². The van der Waals surface area contributed by atoms with Crippen molar-refractivity contribution in [1.82, 2.24) is 14.7 Å². The number of rotatable bonds is 7. The molecule has 1 aliphatic heterocycles. The monoisotopic (exact) mass is 446 g/mol. The quantitative estimate of drug-likeness (QED) is 0.438. The molecule has 3 heterocycles. The zero-order valence-electron chi connectivity index (χ0n) is 18.0. The zero-order chi connectivity index (χ0) is 23.2. The molecule has 0 bridgehead atoms. The molecule has 2 aromatic heterocycles. The van der Waals surface area contributed by atoms with Gasteiger partial charge < -0.3 is 19.5 Å². The number of hydrogen-bond acceptors (Lipinski definition) is 7. The highest BCUT2D eigenvalue weighted by molar-refractivity contribution is 6.01. The number of methoxy groups -OCH3 is 1. The highest BCUT2D eigenvalue weighted by Gasteiger charge is 2.20. The van der Waals surface area contributed by atoms with Gasteiger partial charge in [0.1, 0.15) is 22.9 Å². The molecule has 1 N–H and O–H groups in total. The summed E-state index contributed by atoms with van der Waals surface area (Å²) in [5, 5.41) is 12.3. The van der Waals surface area contributed by atoms with E-state index >= 15 is 0 Å². The molecule has 1 aromatic carbocycles. The summed E-state index contributed by atoms with van der Waals surface area (Å²) in [6, 6.07) is 13.8. The van der Waals surface area contributed by atoms with Crippen LogP contribution in [0.3, 0.4) is 0 Å². The molecule has 9 nitrogen and oxygen atoms in total. The predicted octanol–water partition coefficient (Wildman–Crippen LogP) is 2.70. The Hall–Kier alpha value is -4.16. The molecule has 0 radical (unpaired) electrons. The molecule has 0 aliphatic carbocycles. The average Bonchev–Trinajstić information content (AvgIpc) is 3.37.